The fourth-order valence-electron chi connectivity index (χ4n) is 3.53. The van der Waals surface area contributed by atoms with Crippen LogP contribution in [-0.2, 0) is 0 Å². The number of amidine groups is 1. The topological polar surface area (TPSA) is 66.3 Å². The molecule has 5 nitrogen and oxygen atoms in total. The molecule has 0 aromatic heterocycles. The van der Waals surface area contributed by atoms with E-state index in [0.717, 1.165) is 22.6 Å². The van der Waals surface area contributed by atoms with Gasteiger partial charge in [0.15, 0.2) is 5.17 Å². The molecule has 1 atom stereocenters. The third-order valence-electron chi connectivity index (χ3n) is 5.23. The van der Waals surface area contributed by atoms with Gasteiger partial charge in [0.25, 0.3) is 5.96 Å². The summed E-state index contributed by atoms with van der Waals surface area (Å²) in [5.41, 5.74) is 9.23. The first-order valence-corrected chi connectivity index (χ1v) is 13.3. The molecule has 2 N–H and O–H groups in total. The SMILES string of the molecule is CS/C(N)=N\C(=N\Sc1ccc(Cl)cc1)N1CCC(c2ccccc2)C(c2ccc(Cl)cc2)=N1. The molecule has 0 saturated heterocycles. The minimum absolute atomic E-state index is 0.144. The average Bonchev–Trinajstić information content (AvgIpc) is 2.88. The van der Waals surface area contributed by atoms with Crippen molar-refractivity contribution < 1.29 is 0 Å². The van der Waals surface area contributed by atoms with Crippen LogP contribution in [0.25, 0.3) is 0 Å². The first-order valence-electron chi connectivity index (χ1n) is 10.6. The van der Waals surface area contributed by atoms with Gasteiger partial charge in [-0.25, -0.2) is 5.01 Å². The van der Waals surface area contributed by atoms with Crippen molar-refractivity contribution in [2.75, 3.05) is 12.8 Å². The summed E-state index contributed by atoms with van der Waals surface area (Å²) in [6.07, 6.45) is 2.73. The Hall–Kier alpha value is -2.45. The van der Waals surface area contributed by atoms with Crippen LogP contribution in [0.4, 0.5) is 0 Å². The summed E-state index contributed by atoms with van der Waals surface area (Å²) >= 11 is 14.8. The van der Waals surface area contributed by atoms with Crippen LogP contribution < -0.4 is 5.73 Å². The summed E-state index contributed by atoms with van der Waals surface area (Å²) in [5, 5.41) is 8.64. The van der Waals surface area contributed by atoms with Gasteiger partial charge in [-0.3, -0.25) is 0 Å². The number of hydrogen-bond acceptors (Lipinski definition) is 4. The molecule has 0 aliphatic carbocycles. The Kier molecular flexibility index (Phi) is 8.56. The van der Waals surface area contributed by atoms with Gasteiger partial charge in [0.2, 0.25) is 0 Å². The fourth-order valence-corrected chi connectivity index (χ4v) is 4.54. The number of thioether (sulfide) groups is 1. The van der Waals surface area contributed by atoms with E-state index in [2.05, 4.69) is 33.7 Å². The van der Waals surface area contributed by atoms with Crippen molar-refractivity contribution in [3.8, 4) is 0 Å². The summed E-state index contributed by atoms with van der Waals surface area (Å²) in [6, 6.07) is 25.7. The second-order valence-electron chi connectivity index (χ2n) is 7.46. The first-order chi connectivity index (χ1) is 16.5. The Balaban J connectivity index is 1.73. The predicted molar refractivity (Wildman–Crippen MR) is 148 cm³/mol. The Labute approximate surface area is 218 Å². The number of rotatable bonds is 4. The Morgan fingerprint density at radius 1 is 0.971 bits per heavy atom. The van der Waals surface area contributed by atoms with E-state index in [1.54, 1.807) is 0 Å². The number of nitrogens with two attached hydrogens (primary N) is 1. The van der Waals surface area contributed by atoms with E-state index >= 15 is 0 Å². The molecular weight excluding hydrogens is 505 g/mol. The highest BCUT2D eigenvalue weighted by Crippen LogP contribution is 2.31. The number of nitrogens with zero attached hydrogens (tertiary/aromatic N) is 4. The second-order valence-corrected chi connectivity index (χ2v) is 9.99. The monoisotopic (exact) mass is 527 g/mol. The van der Waals surface area contributed by atoms with Crippen LogP contribution in [0.2, 0.25) is 10.0 Å². The maximum absolute atomic E-state index is 6.15. The summed E-state index contributed by atoms with van der Waals surface area (Å²) < 4.78 is 4.68. The van der Waals surface area contributed by atoms with E-state index in [1.165, 1.54) is 29.3 Å². The van der Waals surface area contributed by atoms with Gasteiger partial charge in [-0.2, -0.15) is 14.5 Å². The lowest BCUT2D eigenvalue weighted by Crippen LogP contribution is -2.35. The summed E-state index contributed by atoms with van der Waals surface area (Å²) in [5.74, 6) is 0.593. The molecule has 174 valence electrons. The summed E-state index contributed by atoms with van der Waals surface area (Å²) in [6.45, 7) is 0.655. The molecule has 0 bridgehead atoms. The number of guanidine groups is 1. The highest BCUT2D eigenvalue weighted by molar-refractivity contribution is 8.13. The van der Waals surface area contributed by atoms with E-state index in [4.69, 9.17) is 34.0 Å². The molecule has 3 aromatic carbocycles. The van der Waals surface area contributed by atoms with E-state index < -0.39 is 0 Å². The molecule has 1 unspecified atom stereocenters. The van der Waals surface area contributed by atoms with Crippen LogP contribution >= 0.6 is 46.9 Å². The number of hydrogen-bond donors (Lipinski definition) is 1. The van der Waals surface area contributed by atoms with Crippen LogP contribution in [0.5, 0.6) is 0 Å². The molecule has 3 aromatic rings. The minimum Gasteiger partial charge on any atom is -0.378 e. The maximum atomic E-state index is 6.15. The van der Waals surface area contributed by atoms with E-state index in [9.17, 15) is 0 Å². The Morgan fingerprint density at radius 2 is 1.62 bits per heavy atom. The van der Waals surface area contributed by atoms with E-state index in [-0.39, 0.29) is 5.92 Å². The van der Waals surface area contributed by atoms with E-state index in [0.29, 0.717) is 27.7 Å². The van der Waals surface area contributed by atoms with Gasteiger partial charge in [0.05, 0.1) is 5.71 Å². The van der Waals surface area contributed by atoms with Crippen molar-refractivity contribution in [1.29, 1.82) is 0 Å². The minimum atomic E-state index is 0.144. The number of benzene rings is 3. The molecule has 1 heterocycles. The zero-order valence-corrected chi connectivity index (χ0v) is 21.6. The van der Waals surface area contributed by atoms with Crippen LogP contribution in [0.15, 0.2) is 98.2 Å². The Morgan fingerprint density at radius 3 is 2.26 bits per heavy atom. The fraction of sp³-hybridized carbons (Fsp3) is 0.160. The standard InChI is InChI=1S/C25H23Cl2N5S2/c1-33-24(28)29-25(31-34-21-13-11-20(27)12-14-21)32-16-15-22(17-5-3-2-4-6-17)23(30-32)18-7-9-19(26)10-8-18/h2-14,22H,15-16H2,1H3,(H2,28,29,31). The Bertz CT molecular complexity index is 1200. The number of halogens is 2. The molecule has 1 aliphatic heterocycles. The van der Waals surface area contributed by atoms with Crippen molar-refractivity contribution in [2.24, 2.45) is 20.2 Å². The molecule has 0 saturated carbocycles. The van der Waals surface area contributed by atoms with Crippen LogP contribution in [0.3, 0.4) is 0 Å². The molecule has 0 fully saturated rings. The lowest BCUT2D eigenvalue weighted by atomic mass is 9.86. The van der Waals surface area contributed by atoms with Gasteiger partial charge in [0.1, 0.15) is 0 Å². The number of aliphatic imine (C=N–C) groups is 1. The van der Waals surface area contributed by atoms with Crippen molar-refractivity contribution in [2.45, 2.75) is 17.2 Å². The largest absolute Gasteiger partial charge is 0.378 e. The third kappa shape index (κ3) is 6.36. The van der Waals surface area contributed by atoms with Crippen molar-refractivity contribution in [1.82, 2.24) is 5.01 Å². The van der Waals surface area contributed by atoms with Gasteiger partial charge < -0.3 is 5.73 Å². The quantitative estimate of drug-likeness (QED) is 0.227. The first kappa shape index (κ1) is 24.7. The van der Waals surface area contributed by atoms with Crippen LogP contribution in [0.1, 0.15) is 23.5 Å². The molecule has 1 aliphatic rings. The zero-order valence-electron chi connectivity index (χ0n) is 18.4. The molecule has 34 heavy (non-hydrogen) atoms. The molecule has 0 amide bonds. The smallest absolute Gasteiger partial charge is 0.255 e. The summed E-state index contributed by atoms with van der Waals surface area (Å²) in [7, 11) is 0. The highest BCUT2D eigenvalue weighted by atomic mass is 35.5. The highest BCUT2D eigenvalue weighted by Gasteiger charge is 2.28. The lowest BCUT2D eigenvalue weighted by Gasteiger charge is -2.30. The van der Waals surface area contributed by atoms with Crippen molar-refractivity contribution >= 4 is 63.8 Å². The zero-order chi connectivity index (χ0) is 23.9. The van der Waals surface area contributed by atoms with Gasteiger partial charge >= 0.3 is 0 Å². The lowest BCUT2D eigenvalue weighted by molar-refractivity contribution is 0.400. The van der Waals surface area contributed by atoms with Gasteiger partial charge in [-0.15, -0.1) is 0 Å². The predicted octanol–water partition coefficient (Wildman–Crippen LogP) is 6.93. The maximum Gasteiger partial charge on any atom is 0.255 e. The number of hydrazone groups is 1. The van der Waals surface area contributed by atoms with Gasteiger partial charge in [0, 0.05) is 39.4 Å². The van der Waals surface area contributed by atoms with Crippen molar-refractivity contribution in [3.63, 3.8) is 0 Å². The molecule has 0 spiro atoms. The van der Waals surface area contributed by atoms with Crippen LogP contribution in [0, 0.1) is 0 Å². The van der Waals surface area contributed by atoms with Gasteiger partial charge in [-0.05, 0) is 60.2 Å². The molecular formula is C25H23Cl2N5S2. The van der Waals surface area contributed by atoms with Crippen molar-refractivity contribution in [3.05, 3.63) is 100 Å². The molecule has 0 radical (unpaired) electrons. The molecule has 9 heteroatoms. The molecule has 4 rings (SSSR count). The van der Waals surface area contributed by atoms with Gasteiger partial charge in [-0.1, -0.05) is 77.4 Å². The second kappa shape index (κ2) is 11.8. The van der Waals surface area contributed by atoms with E-state index in [1.807, 2.05) is 65.9 Å². The normalized spacial score (nSPS) is 17.0. The third-order valence-corrected chi connectivity index (χ3v) is 6.98. The average molecular weight is 529 g/mol. The summed E-state index contributed by atoms with van der Waals surface area (Å²) in [4.78, 5) is 5.49. The van der Waals surface area contributed by atoms with Crippen LogP contribution in [-0.4, -0.2) is 34.6 Å².